The summed E-state index contributed by atoms with van der Waals surface area (Å²) >= 11 is 0. The second kappa shape index (κ2) is 4.81. The SMILES string of the molecule is FC(F)(F)C(F)(F)C(F)(F)C(c1ccc[nH]1)c1ccc[nH]1. The van der Waals surface area contributed by atoms with Gasteiger partial charge in [-0.05, 0) is 24.3 Å². The van der Waals surface area contributed by atoms with Gasteiger partial charge in [-0.2, -0.15) is 30.7 Å². The summed E-state index contributed by atoms with van der Waals surface area (Å²) in [5.74, 6) is -14.0. The fourth-order valence-corrected chi connectivity index (χ4v) is 1.98. The molecule has 2 aromatic heterocycles. The van der Waals surface area contributed by atoms with Crippen LogP contribution in [0.2, 0.25) is 0 Å². The second-order valence-corrected chi connectivity index (χ2v) is 4.38. The molecule has 0 aliphatic carbocycles. The van der Waals surface area contributed by atoms with E-state index in [2.05, 4.69) is 9.97 Å². The molecule has 2 heterocycles. The van der Waals surface area contributed by atoms with Crippen LogP contribution in [0.5, 0.6) is 0 Å². The zero-order chi connectivity index (χ0) is 15.9. The second-order valence-electron chi connectivity index (χ2n) is 4.38. The molecule has 0 radical (unpaired) electrons. The average Bonchev–Trinajstić information content (AvgIpc) is 3.00. The molecule has 0 saturated heterocycles. The third kappa shape index (κ3) is 2.40. The minimum Gasteiger partial charge on any atom is -0.364 e. The molecule has 2 N–H and O–H groups in total. The maximum absolute atomic E-state index is 14.0. The lowest BCUT2D eigenvalue weighted by Crippen LogP contribution is -2.55. The maximum atomic E-state index is 14.0. The molecule has 0 atom stereocenters. The molecule has 2 aromatic rings. The van der Waals surface area contributed by atoms with Gasteiger partial charge in [0.1, 0.15) is 5.92 Å². The fraction of sp³-hybridized carbons (Fsp3) is 0.333. The van der Waals surface area contributed by atoms with E-state index in [1.807, 2.05) is 0 Å². The van der Waals surface area contributed by atoms with Gasteiger partial charge in [0, 0.05) is 23.8 Å². The van der Waals surface area contributed by atoms with Gasteiger partial charge < -0.3 is 9.97 Å². The van der Waals surface area contributed by atoms with E-state index in [0.717, 1.165) is 24.5 Å². The summed E-state index contributed by atoms with van der Waals surface area (Å²) in [7, 11) is 0. The van der Waals surface area contributed by atoms with Crippen molar-refractivity contribution in [2.75, 3.05) is 0 Å². The van der Waals surface area contributed by atoms with E-state index in [1.54, 1.807) is 0 Å². The lowest BCUT2D eigenvalue weighted by molar-refractivity contribution is -0.357. The Labute approximate surface area is 114 Å². The maximum Gasteiger partial charge on any atom is 0.459 e. The van der Waals surface area contributed by atoms with Crippen molar-refractivity contribution < 1.29 is 30.7 Å². The quantitative estimate of drug-likeness (QED) is 0.788. The molecule has 116 valence electrons. The van der Waals surface area contributed by atoms with Gasteiger partial charge in [0.25, 0.3) is 0 Å². The molecule has 0 unspecified atom stereocenters. The Hall–Kier alpha value is -1.93. The Bertz CT molecular complexity index is 535. The highest BCUT2D eigenvalue weighted by atomic mass is 19.4. The summed E-state index contributed by atoms with van der Waals surface area (Å²) in [5.41, 5.74) is -0.905. The number of aromatic nitrogens is 2. The largest absolute Gasteiger partial charge is 0.459 e. The first-order valence-electron chi connectivity index (χ1n) is 5.68. The Morgan fingerprint density at radius 3 is 1.48 bits per heavy atom. The van der Waals surface area contributed by atoms with E-state index in [4.69, 9.17) is 0 Å². The molecule has 0 bridgehead atoms. The summed E-state index contributed by atoms with van der Waals surface area (Å²) < 4.78 is 91.4. The van der Waals surface area contributed by atoms with Crippen molar-refractivity contribution in [3.8, 4) is 0 Å². The van der Waals surface area contributed by atoms with Crippen LogP contribution in [0, 0.1) is 0 Å². The predicted molar refractivity (Wildman–Crippen MR) is 59.4 cm³/mol. The van der Waals surface area contributed by atoms with Crippen LogP contribution in [0.4, 0.5) is 30.7 Å². The number of rotatable bonds is 4. The Kier molecular flexibility index (Phi) is 3.54. The van der Waals surface area contributed by atoms with Crippen LogP contribution in [0.25, 0.3) is 0 Å². The predicted octanol–water partition coefficient (Wildman–Crippen LogP) is 4.31. The molecule has 0 aromatic carbocycles. The molecule has 21 heavy (non-hydrogen) atoms. The van der Waals surface area contributed by atoms with Crippen LogP contribution < -0.4 is 0 Å². The van der Waals surface area contributed by atoms with E-state index in [-0.39, 0.29) is 0 Å². The van der Waals surface area contributed by atoms with Gasteiger partial charge in [0.15, 0.2) is 0 Å². The van der Waals surface area contributed by atoms with Crippen molar-refractivity contribution in [3.63, 3.8) is 0 Å². The van der Waals surface area contributed by atoms with Crippen molar-refractivity contribution in [1.82, 2.24) is 9.97 Å². The lowest BCUT2D eigenvalue weighted by Gasteiger charge is -2.33. The van der Waals surface area contributed by atoms with Gasteiger partial charge in [-0.15, -0.1) is 0 Å². The molecule has 0 fully saturated rings. The Balaban J connectivity index is 2.56. The molecular weight excluding hydrogens is 305 g/mol. The Morgan fingerprint density at radius 2 is 1.19 bits per heavy atom. The van der Waals surface area contributed by atoms with Crippen LogP contribution in [-0.4, -0.2) is 28.0 Å². The number of nitrogens with one attached hydrogen (secondary N) is 2. The average molecular weight is 314 g/mol. The van der Waals surface area contributed by atoms with E-state index >= 15 is 0 Å². The number of hydrogen-bond acceptors (Lipinski definition) is 0. The number of H-pyrrole nitrogens is 2. The summed E-state index contributed by atoms with van der Waals surface area (Å²) in [6.07, 6.45) is -4.05. The smallest absolute Gasteiger partial charge is 0.364 e. The van der Waals surface area contributed by atoms with Gasteiger partial charge in [-0.25, -0.2) is 0 Å². The highest BCUT2D eigenvalue weighted by Crippen LogP contribution is 2.53. The van der Waals surface area contributed by atoms with E-state index < -0.39 is 35.3 Å². The molecule has 0 saturated carbocycles. The van der Waals surface area contributed by atoms with Crippen LogP contribution in [-0.2, 0) is 0 Å². The number of alkyl halides is 7. The first kappa shape index (κ1) is 15.5. The minimum absolute atomic E-state index is 0.452. The zero-order valence-corrected chi connectivity index (χ0v) is 10.2. The number of hydrogen-bond donors (Lipinski definition) is 2. The van der Waals surface area contributed by atoms with Crippen LogP contribution >= 0.6 is 0 Å². The Morgan fingerprint density at radius 1 is 0.762 bits per heavy atom. The molecule has 0 aliphatic rings. The van der Waals surface area contributed by atoms with E-state index in [1.165, 1.54) is 12.1 Å². The number of aromatic amines is 2. The molecule has 0 aliphatic heterocycles. The first-order valence-corrected chi connectivity index (χ1v) is 5.68. The van der Waals surface area contributed by atoms with Gasteiger partial charge in [0.2, 0.25) is 0 Å². The van der Waals surface area contributed by atoms with Crippen LogP contribution in [0.1, 0.15) is 17.3 Å². The topological polar surface area (TPSA) is 31.6 Å². The molecule has 0 amide bonds. The number of halogens is 7. The van der Waals surface area contributed by atoms with Gasteiger partial charge >= 0.3 is 18.0 Å². The zero-order valence-electron chi connectivity index (χ0n) is 10.2. The highest BCUT2D eigenvalue weighted by Gasteiger charge is 2.75. The van der Waals surface area contributed by atoms with Gasteiger partial charge in [-0.3, -0.25) is 0 Å². The molecule has 2 rings (SSSR count). The summed E-state index contributed by atoms with van der Waals surface area (Å²) in [6.45, 7) is 0. The van der Waals surface area contributed by atoms with Crippen molar-refractivity contribution in [2.24, 2.45) is 0 Å². The summed E-state index contributed by atoms with van der Waals surface area (Å²) in [4.78, 5) is 4.51. The van der Waals surface area contributed by atoms with E-state index in [0.29, 0.717) is 0 Å². The van der Waals surface area contributed by atoms with Gasteiger partial charge in [0.05, 0.1) is 0 Å². The van der Waals surface area contributed by atoms with Crippen LogP contribution in [0.15, 0.2) is 36.7 Å². The normalized spacial score (nSPS) is 13.9. The summed E-state index contributed by atoms with van der Waals surface area (Å²) in [6, 6.07) is 4.50. The molecule has 9 heteroatoms. The third-order valence-corrected chi connectivity index (χ3v) is 3.00. The third-order valence-electron chi connectivity index (χ3n) is 3.00. The van der Waals surface area contributed by atoms with Crippen molar-refractivity contribution in [2.45, 2.75) is 23.9 Å². The molecule has 0 spiro atoms. The lowest BCUT2D eigenvalue weighted by atomic mass is 9.89. The fourth-order valence-electron chi connectivity index (χ4n) is 1.98. The molecular formula is C12H9F7N2. The molecule has 2 nitrogen and oxygen atoms in total. The van der Waals surface area contributed by atoms with Gasteiger partial charge in [-0.1, -0.05) is 0 Å². The van der Waals surface area contributed by atoms with Crippen molar-refractivity contribution >= 4 is 0 Å². The minimum atomic E-state index is -6.37. The first-order chi connectivity index (χ1) is 9.59. The van der Waals surface area contributed by atoms with E-state index in [9.17, 15) is 30.7 Å². The monoisotopic (exact) mass is 314 g/mol. The van der Waals surface area contributed by atoms with Crippen molar-refractivity contribution in [1.29, 1.82) is 0 Å². The standard InChI is InChI=1S/C12H9F7N2/c13-10(14,11(15,16)12(17,18)19)9(7-3-1-5-20-7)8-4-2-6-21-8/h1-6,9,20-21H. The van der Waals surface area contributed by atoms with Crippen molar-refractivity contribution in [3.05, 3.63) is 48.0 Å². The highest BCUT2D eigenvalue weighted by molar-refractivity contribution is 5.29. The van der Waals surface area contributed by atoms with Crippen LogP contribution in [0.3, 0.4) is 0 Å². The summed E-state index contributed by atoms with van der Waals surface area (Å²) in [5, 5.41) is 0.